The van der Waals surface area contributed by atoms with Crippen LogP contribution >= 0.6 is 0 Å². The van der Waals surface area contributed by atoms with E-state index in [9.17, 15) is 0 Å². The Bertz CT molecular complexity index is 286. The van der Waals surface area contributed by atoms with Crippen LogP contribution in [0.3, 0.4) is 0 Å². The lowest BCUT2D eigenvalue weighted by Crippen LogP contribution is -2.07. The van der Waals surface area contributed by atoms with E-state index in [1.807, 2.05) is 18.5 Å². The van der Waals surface area contributed by atoms with E-state index in [-0.39, 0.29) is 0 Å². The molecule has 1 aromatic heterocycles. The van der Waals surface area contributed by atoms with Gasteiger partial charge in [-0.25, -0.2) is 4.98 Å². The first kappa shape index (κ1) is 8.35. The monoisotopic (exact) mass is 177 g/mol. The summed E-state index contributed by atoms with van der Waals surface area (Å²) in [5.41, 5.74) is 0. The van der Waals surface area contributed by atoms with Crippen molar-refractivity contribution in [2.75, 3.05) is 11.9 Å². The molecule has 0 unspecified atom stereocenters. The molecule has 3 heteroatoms. The Hall–Kier alpha value is -1.25. The van der Waals surface area contributed by atoms with Crippen LogP contribution in [-0.4, -0.2) is 16.1 Å². The third-order valence-corrected chi connectivity index (χ3v) is 2.27. The van der Waals surface area contributed by atoms with Crippen molar-refractivity contribution in [3.05, 3.63) is 25.0 Å². The SMILES string of the molecule is C=CCNc1nccn1CC1CC1. The minimum absolute atomic E-state index is 0.779. The van der Waals surface area contributed by atoms with Crippen molar-refractivity contribution in [2.45, 2.75) is 19.4 Å². The Labute approximate surface area is 78.5 Å². The van der Waals surface area contributed by atoms with Crippen molar-refractivity contribution in [3.8, 4) is 0 Å². The van der Waals surface area contributed by atoms with Gasteiger partial charge < -0.3 is 9.88 Å². The molecule has 0 bridgehead atoms. The van der Waals surface area contributed by atoms with Gasteiger partial charge in [0.1, 0.15) is 0 Å². The van der Waals surface area contributed by atoms with Crippen molar-refractivity contribution in [1.82, 2.24) is 9.55 Å². The van der Waals surface area contributed by atoms with Gasteiger partial charge >= 0.3 is 0 Å². The van der Waals surface area contributed by atoms with Gasteiger partial charge in [0.2, 0.25) is 5.95 Å². The molecule has 1 heterocycles. The van der Waals surface area contributed by atoms with Crippen LogP contribution in [0.4, 0.5) is 5.95 Å². The maximum absolute atomic E-state index is 4.24. The molecular weight excluding hydrogens is 162 g/mol. The predicted molar refractivity (Wildman–Crippen MR) is 53.6 cm³/mol. The highest BCUT2D eigenvalue weighted by Crippen LogP contribution is 2.31. The summed E-state index contributed by atoms with van der Waals surface area (Å²) in [5, 5.41) is 3.21. The molecule has 0 aliphatic heterocycles. The standard InChI is InChI=1S/C10H15N3/c1-2-5-11-10-12-6-7-13(10)8-9-3-4-9/h2,6-7,9H,1,3-5,8H2,(H,11,12). The largest absolute Gasteiger partial charge is 0.352 e. The first-order valence-corrected chi connectivity index (χ1v) is 4.76. The molecule has 0 amide bonds. The number of rotatable bonds is 5. The smallest absolute Gasteiger partial charge is 0.203 e. The quantitative estimate of drug-likeness (QED) is 0.696. The maximum atomic E-state index is 4.24. The molecule has 1 aliphatic rings. The van der Waals surface area contributed by atoms with E-state index in [1.54, 1.807) is 0 Å². The van der Waals surface area contributed by atoms with Crippen molar-refractivity contribution in [2.24, 2.45) is 5.92 Å². The fraction of sp³-hybridized carbons (Fsp3) is 0.500. The van der Waals surface area contributed by atoms with Gasteiger partial charge in [-0.2, -0.15) is 0 Å². The van der Waals surface area contributed by atoms with E-state index >= 15 is 0 Å². The Morgan fingerprint density at radius 1 is 1.69 bits per heavy atom. The number of aromatic nitrogens is 2. The van der Waals surface area contributed by atoms with Crippen molar-refractivity contribution in [3.63, 3.8) is 0 Å². The molecule has 0 spiro atoms. The fourth-order valence-corrected chi connectivity index (χ4v) is 1.37. The average Bonchev–Trinajstić information content (AvgIpc) is 2.82. The Morgan fingerprint density at radius 2 is 2.54 bits per heavy atom. The van der Waals surface area contributed by atoms with Gasteiger partial charge in [0.25, 0.3) is 0 Å². The first-order valence-electron chi connectivity index (χ1n) is 4.76. The van der Waals surface area contributed by atoms with Crippen molar-refractivity contribution < 1.29 is 0 Å². The van der Waals surface area contributed by atoms with Crippen molar-refractivity contribution in [1.29, 1.82) is 0 Å². The third-order valence-electron chi connectivity index (χ3n) is 2.27. The topological polar surface area (TPSA) is 29.9 Å². The highest BCUT2D eigenvalue weighted by molar-refractivity contribution is 5.26. The number of hydrogen-bond donors (Lipinski definition) is 1. The second-order valence-corrected chi connectivity index (χ2v) is 3.52. The summed E-state index contributed by atoms with van der Waals surface area (Å²) in [6, 6.07) is 0. The van der Waals surface area contributed by atoms with E-state index in [2.05, 4.69) is 21.4 Å². The third kappa shape index (κ3) is 2.11. The lowest BCUT2D eigenvalue weighted by molar-refractivity contribution is 0.632. The molecule has 70 valence electrons. The van der Waals surface area contributed by atoms with Crippen LogP contribution in [0.1, 0.15) is 12.8 Å². The molecule has 13 heavy (non-hydrogen) atoms. The fourth-order valence-electron chi connectivity index (χ4n) is 1.37. The maximum Gasteiger partial charge on any atom is 0.203 e. The van der Waals surface area contributed by atoms with Crippen molar-refractivity contribution >= 4 is 5.95 Å². The Morgan fingerprint density at radius 3 is 3.23 bits per heavy atom. The summed E-state index contributed by atoms with van der Waals surface area (Å²) in [6.45, 7) is 5.55. The number of hydrogen-bond acceptors (Lipinski definition) is 2. The first-order chi connectivity index (χ1) is 6.40. The van der Waals surface area contributed by atoms with Gasteiger partial charge in [-0.05, 0) is 18.8 Å². The van der Waals surface area contributed by atoms with Gasteiger partial charge in [0.05, 0.1) is 0 Å². The van der Waals surface area contributed by atoms with Crippen LogP contribution in [-0.2, 0) is 6.54 Å². The van der Waals surface area contributed by atoms with E-state index in [1.165, 1.54) is 12.8 Å². The van der Waals surface area contributed by atoms with Gasteiger partial charge in [-0.3, -0.25) is 0 Å². The molecule has 1 aromatic rings. The summed E-state index contributed by atoms with van der Waals surface area (Å²) in [5.74, 6) is 1.85. The summed E-state index contributed by atoms with van der Waals surface area (Å²) >= 11 is 0. The molecule has 3 nitrogen and oxygen atoms in total. The van der Waals surface area contributed by atoms with Gasteiger partial charge in [-0.15, -0.1) is 6.58 Å². The second-order valence-electron chi connectivity index (χ2n) is 3.52. The van der Waals surface area contributed by atoms with Crippen LogP contribution in [0.2, 0.25) is 0 Å². The summed E-state index contributed by atoms with van der Waals surface area (Å²) in [6.07, 6.45) is 8.46. The normalized spacial score (nSPS) is 15.7. The van der Waals surface area contributed by atoms with E-state index in [4.69, 9.17) is 0 Å². The van der Waals surface area contributed by atoms with E-state index in [0.29, 0.717) is 0 Å². The molecule has 1 N–H and O–H groups in total. The minimum Gasteiger partial charge on any atom is -0.352 e. The van der Waals surface area contributed by atoms with Crippen LogP contribution in [0.5, 0.6) is 0 Å². The zero-order valence-corrected chi connectivity index (χ0v) is 7.74. The van der Waals surface area contributed by atoms with Crippen LogP contribution in [0.15, 0.2) is 25.0 Å². The second kappa shape index (κ2) is 3.64. The van der Waals surface area contributed by atoms with Crippen LogP contribution in [0, 0.1) is 5.92 Å². The zero-order chi connectivity index (χ0) is 9.10. The van der Waals surface area contributed by atoms with Gasteiger partial charge in [0, 0.05) is 25.5 Å². The lowest BCUT2D eigenvalue weighted by atomic mass is 10.4. The van der Waals surface area contributed by atoms with Gasteiger partial charge in [-0.1, -0.05) is 6.08 Å². The molecule has 1 aliphatic carbocycles. The predicted octanol–water partition coefficient (Wildman–Crippen LogP) is 1.89. The molecule has 0 aromatic carbocycles. The van der Waals surface area contributed by atoms with Gasteiger partial charge in [0.15, 0.2) is 0 Å². The minimum atomic E-state index is 0.779. The number of nitrogens with zero attached hydrogens (tertiary/aromatic N) is 2. The average molecular weight is 177 g/mol. The Kier molecular flexibility index (Phi) is 2.34. The number of anilines is 1. The van der Waals surface area contributed by atoms with Crippen LogP contribution < -0.4 is 5.32 Å². The number of imidazole rings is 1. The lowest BCUT2D eigenvalue weighted by Gasteiger charge is -2.06. The summed E-state index contributed by atoms with van der Waals surface area (Å²) < 4.78 is 2.18. The molecular formula is C10H15N3. The molecule has 1 saturated carbocycles. The molecule has 1 fully saturated rings. The van der Waals surface area contributed by atoms with Crippen LogP contribution in [0.25, 0.3) is 0 Å². The summed E-state index contributed by atoms with van der Waals surface area (Å²) in [4.78, 5) is 4.24. The van der Waals surface area contributed by atoms with E-state index in [0.717, 1.165) is 25.0 Å². The zero-order valence-electron chi connectivity index (χ0n) is 7.74. The Balaban J connectivity index is 1.96. The highest BCUT2D eigenvalue weighted by Gasteiger charge is 2.22. The molecule has 0 saturated heterocycles. The molecule has 0 atom stereocenters. The molecule has 0 radical (unpaired) electrons. The van der Waals surface area contributed by atoms with E-state index < -0.39 is 0 Å². The highest BCUT2D eigenvalue weighted by atomic mass is 15.2. The molecule has 2 rings (SSSR count). The number of nitrogens with one attached hydrogen (secondary N) is 1. The summed E-state index contributed by atoms with van der Waals surface area (Å²) in [7, 11) is 0.